The third kappa shape index (κ3) is 5.15. The predicted octanol–water partition coefficient (Wildman–Crippen LogP) is -1.61. The minimum absolute atomic E-state index is 0.0262. The van der Waals surface area contributed by atoms with E-state index in [0.29, 0.717) is 26.1 Å². The Morgan fingerprint density at radius 2 is 1.88 bits per heavy atom. The molecule has 2 rings (SSSR count). The largest absolute Gasteiger partial charge is 0.339 e. The Balaban J connectivity index is 1.84. The monoisotopic (exact) mass is 360 g/mol. The van der Waals surface area contributed by atoms with E-state index >= 15 is 0 Å². The second-order valence-corrected chi connectivity index (χ2v) is 8.77. The van der Waals surface area contributed by atoms with Crippen molar-refractivity contribution in [3.63, 3.8) is 0 Å². The number of nitrogens with zero attached hydrogens (tertiary/aromatic N) is 3. The molecule has 2 fully saturated rings. The van der Waals surface area contributed by atoms with Crippen molar-refractivity contribution in [2.45, 2.75) is 19.4 Å². The molecule has 2 heterocycles. The third-order valence-corrected chi connectivity index (χ3v) is 6.34. The van der Waals surface area contributed by atoms with Gasteiger partial charge < -0.3 is 15.1 Å². The normalized spacial score (nSPS) is 23.5. The molecule has 138 valence electrons. The van der Waals surface area contributed by atoms with E-state index in [2.05, 4.69) is 5.32 Å². The van der Waals surface area contributed by atoms with Crippen molar-refractivity contribution in [1.29, 1.82) is 0 Å². The molecule has 2 amide bonds. The van der Waals surface area contributed by atoms with Crippen LogP contribution in [-0.4, -0.2) is 105 Å². The maximum atomic E-state index is 12.5. The number of hydrogen-bond acceptors (Lipinski definition) is 6. The molecule has 1 atom stereocenters. The lowest BCUT2D eigenvalue weighted by molar-refractivity contribution is -0.136. The Morgan fingerprint density at radius 1 is 1.21 bits per heavy atom. The van der Waals surface area contributed by atoms with Gasteiger partial charge >= 0.3 is 0 Å². The Morgan fingerprint density at radius 3 is 2.42 bits per heavy atom. The van der Waals surface area contributed by atoms with Crippen LogP contribution in [0.2, 0.25) is 0 Å². The van der Waals surface area contributed by atoms with Gasteiger partial charge in [-0.05, 0) is 20.4 Å². The molecule has 8 nitrogen and oxygen atoms in total. The number of piperazine rings is 1. The van der Waals surface area contributed by atoms with Crippen LogP contribution in [0.1, 0.15) is 13.3 Å². The third-order valence-electron chi connectivity index (χ3n) is 4.59. The van der Waals surface area contributed by atoms with Crippen molar-refractivity contribution in [3.05, 3.63) is 0 Å². The van der Waals surface area contributed by atoms with E-state index in [1.54, 1.807) is 21.7 Å². The fourth-order valence-electron chi connectivity index (χ4n) is 3.28. The molecule has 0 aromatic rings. The lowest BCUT2D eigenvalue weighted by Gasteiger charge is -2.31. The number of hydrogen-bond donors (Lipinski definition) is 1. The molecule has 0 aliphatic carbocycles. The van der Waals surface area contributed by atoms with Crippen LogP contribution in [0.25, 0.3) is 0 Å². The average Bonchev–Trinajstić information content (AvgIpc) is 2.88. The first-order chi connectivity index (χ1) is 11.3. The van der Waals surface area contributed by atoms with Crippen molar-refractivity contribution in [2.75, 3.05) is 64.4 Å². The van der Waals surface area contributed by atoms with Gasteiger partial charge in [-0.15, -0.1) is 0 Å². The first-order valence-corrected chi connectivity index (χ1v) is 10.3. The highest BCUT2D eigenvalue weighted by Crippen LogP contribution is 2.17. The number of rotatable bonds is 6. The Hall–Kier alpha value is -1.19. The van der Waals surface area contributed by atoms with Gasteiger partial charge in [0.1, 0.15) is 0 Å². The zero-order valence-electron chi connectivity index (χ0n) is 14.5. The van der Waals surface area contributed by atoms with Crippen LogP contribution in [0.15, 0.2) is 0 Å². The van der Waals surface area contributed by atoms with Crippen LogP contribution in [0, 0.1) is 0 Å². The van der Waals surface area contributed by atoms with Gasteiger partial charge in [0.15, 0.2) is 9.84 Å². The van der Waals surface area contributed by atoms with Crippen molar-refractivity contribution in [2.24, 2.45) is 0 Å². The van der Waals surface area contributed by atoms with Crippen molar-refractivity contribution < 1.29 is 18.0 Å². The smallest absolute Gasteiger partial charge is 0.237 e. The van der Waals surface area contributed by atoms with Gasteiger partial charge in [0.05, 0.1) is 24.6 Å². The van der Waals surface area contributed by atoms with Crippen LogP contribution >= 0.6 is 0 Å². The maximum Gasteiger partial charge on any atom is 0.237 e. The summed E-state index contributed by atoms with van der Waals surface area (Å²) < 4.78 is 23.2. The van der Waals surface area contributed by atoms with Gasteiger partial charge in [0, 0.05) is 38.8 Å². The zero-order chi connectivity index (χ0) is 17.7. The molecule has 1 N–H and O–H groups in total. The van der Waals surface area contributed by atoms with Gasteiger partial charge in [0.25, 0.3) is 0 Å². The van der Waals surface area contributed by atoms with Gasteiger partial charge in [-0.3, -0.25) is 14.5 Å². The molecule has 0 saturated carbocycles. The first-order valence-electron chi connectivity index (χ1n) is 8.49. The van der Waals surface area contributed by atoms with E-state index in [1.165, 1.54) is 0 Å². The molecule has 2 aliphatic rings. The summed E-state index contributed by atoms with van der Waals surface area (Å²) in [6, 6.07) is -0.232. The molecule has 1 unspecified atom stereocenters. The van der Waals surface area contributed by atoms with Gasteiger partial charge in [0.2, 0.25) is 11.8 Å². The van der Waals surface area contributed by atoms with E-state index in [0.717, 1.165) is 13.1 Å². The van der Waals surface area contributed by atoms with Crippen molar-refractivity contribution in [3.8, 4) is 0 Å². The fraction of sp³-hybridized carbons (Fsp3) is 0.867. The lowest BCUT2D eigenvalue weighted by Crippen LogP contribution is -2.51. The summed E-state index contributed by atoms with van der Waals surface area (Å²) in [5.74, 6) is 0.114. The Bertz CT molecular complexity index is 560. The van der Waals surface area contributed by atoms with E-state index in [1.807, 2.05) is 6.92 Å². The van der Waals surface area contributed by atoms with Gasteiger partial charge in [-0.25, -0.2) is 8.42 Å². The molecule has 24 heavy (non-hydrogen) atoms. The first kappa shape index (κ1) is 19.1. The number of sulfone groups is 1. The SMILES string of the molecule is CCN(C(=O)CN(C)CC(=O)N1CCNCC1)C1CCS(=O)(=O)C1. The highest BCUT2D eigenvalue weighted by atomic mass is 32.2. The van der Waals surface area contributed by atoms with Crippen LogP contribution in [0.4, 0.5) is 0 Å². The number of carbonyl (C=O) groups is 2. The number of carbonyl (C=O) groups excluding carboxylic acids is 2. The molecule has 2 aliphatic heterocycles. The summed E-state index contributed by atoms with van der Waals surface area (Å²) in [7, 11) is -1.27. The molecule has 0 aromatic carbocycles. The molecule has 0 spiro atoms. The maximum absolute atomic E-state index is 12.5. The molecular weight excluding hydrogens is 332 g/mol. The second kappa shape index (κ2) is 8.26. The molecule has 0 aromatic heterocycles. The molecule has 0 bridgehead atoms. The summed E-state index contributed by atoms with van der Waals surface area (Å²) in [4.78, 5) is 29.9. The summed E-state index contributed by atoms with van der Waals surface area (Å²) >= 11 is 0. The molecule has 0 radical (unpaired) electrons. The Labute approximate surface area is 144 Å². The van der Waals surface area contributed by atoms with Crippen molar-refractivity contribution >= 4 is 21.7 Å². The summed E-state index contributed by atoms with van der Waals surface area (Å²) in [5, 5.41) is 3.20. The van der Waals surface area contributed by atoms with E-state index in [9.17, 15) is 18.0 Å². The standard InChI is InChI=1S/C15H28N4O4S/c1-3-19(13-4-9-24(22,23)12-13)15(21)11-17(2)10-14(20)18-7-5-16-6-8-18/h13,16H,3-12H2,1-2H3. The number of likely N-dealkylation sites (N-methyl/N-ethyl adjacent to an activating group) is 2. The summed E-state index contributed by atoms with van der Waals surface area (Å²) in [5.41, 5.74) is 0. The summed E-state index contributed by atoms with van der Waals surface area (Å²) in [6.07, 6.45) is 0.505. The van der Waals surface area contributed by atoms with Crippen LogP contribution < -0.4 is 5.32 Å². The predicted molar refractivity (Wildman–Crippen MR) is 91.4 cm³/mol. The fourth-order valence-corrected chi connectivity index (χ4v) is 5.01. The topological polar surface area (TPSA) is 90.0 Å². The quantitative estimate of drug-likeness (QED) is 0.613. The number of amides is 2. The lowest BCUT2D eigenvalue weighted by atomic mass is 10.2. The van der Waals surface area contributed by atoms with Gasteiger partial charge in [-0.1, -0.05) is 0 Å². The van der Waals surface area contributed by atoms with E-state index < -0.39 is 9.84 Å². The highest BCUT2D eigenvalue weighted by Gasteiger charge is 2.34. The molecular formula is C15H28N4O4S. The van der Waals surface area contributed by atoms with E-state index in [4.69, 9.17) is 0 Å². The average molecular weight is 360 g/mol. The highest BCUT2D eigenvalue weighted by molar-refractivity contribution is 7.91. The zero-order valence-corrected chi connectivity index (χ0v) is 15.3. The van der Waals surface area contributed by atoms with Crippen molar-refractivity contribution in [1.82, 2.24) is 20.0 Å². The molecule has 2 saturated heterocycles. The Kier molecular flexibility index (Phi) is 6.59. The number of nitrogens with one attached hydrogen (secondary N) is 1. The minimum atomic E-state index is -3.02. The second-order valence-electron chi connectivity index (χ2n) is 6.54. The van der Waals surface area contributed by atoms with Crippen LogP contribution in [-0.2, 0) is 19.4 Å². The minimum Gasteiger partial charge on any atom is -0.339 e. The van der Waals surface area contributed by atoms with Crippen LogP contribution in [0.3, 0.4) is 0 Å². The molecule has 9 heteroatoms. The van der Waals surface area contributed by atoms with Gasteiger partial charge in [-0.2, -0.15) is 0 Å². The van der Waals surface area contributed by atoms with E-state index in [-0.39, 0.29) is 42.5 Å². The summed E-state index contributed by atoms with van der Waals surface area (Å²) in [6.45, 7) is 5.66. The van der Waals surface area contributed by atoms with Crippen LogP contribution in [0.5, 0.6) is 0 Å².